The number of nitrogens with two attached hydrogens (primary N) is 1. The van der Waals surface area contributed by atoms with E-state index in [1.54, 1.807) is 24.3 Å². The monoisotopic (exact) mass is 402 g/mol. The number of rotatable bonds is 10. The van der Waals surface area contributed by atoms with Crippen LogP contribution in [0.2, 0.25) is 0 Å². The highest BCUT2D eigenvalue weighted by atomic mass is 16.5. The van der Waals surface area contributed by atoms with E-state index >= 15 is 0 Å². The predicted molar refractivity (Wildman–Crippen MR) is 115 cm³/mol. The van der Waals surface area contributed by atoms with Gasteiger partial charge < -0.3 is 15.4 Å². The zero-order valence-corrected chi connectivity index (χ0v) is 17.4. The fourth-order valence-electron chi connectivity index (χ4n) is 3.08. The van der Waals surface area contributed by atoms with Crippen LogP contribution in [0.3, 0.4) is 0 Å². The summed E-state index contributed by atoms with van der Waals surface area (Å²) in [5.41, 5.74) is 5.34. The number of aromatic amines is 1. The van der Waals surface area contributed by atoms with E-state index < -0.39 is 11.2 Å². The fraction of sp³-hybridized carbons (Fsp3) is 0.476. The molecule has 2 rings (SSSR count). The van der Waals surface area contributed by atoms with Crippen LogP contribution in [0, 0.1) is 0 Å². The molecular weight excluding hydrogens is 372 g/mol. The molecule has 0 spiro atoms. The Morgan fingerprint density at radius 2 is 1.83 bits per heavy atom. The van der Waals surface area contributed by atoms with E-state index in [1.165, 1.54) is 9.47 Å². The van der Waals surface area contributed by atoms with Gasteiger partial charge in [-0.25, -0.2) is 4.79 Å². The Kier molecular flexibility index (Phi) is 8.06. The first-order valence-corrected chi connectivity index (χ1v) is 10.1. The summed E-state index contributed by atoms with van der Waals surface area (Å²) < 4.78 is 6.91. The lowest BCUT2D eigenvalue weighted by molar-refractivity contribution is 0.0982. The Bertz CT molecular complexity index is 948. The van der Waals surface area contributed by atoms with Gasteiger partial charge in [-0.3, -0.25) is 19.1 Å². The molecule has 1 heterocycles. The number of carbonyl (C=O) groups excluding carboxylic acids is 1. The maximum absolute atomic E-state index is 13.4. The Balaban J connectivity index is 2.60. The van der Waals surface area contributed by atoms with Crippen molar-refractivity contribution < 1.29 is 9.53 Å². The number of unbranched alkanes of at least 4 members (excludes halogenated alkanes) is 2. The summed E-state index contributed by atoms with van der Waals surface area (Å²) in [5, 5.41) is 0. The van der Waals surface area contributed by atoms with Gasteiger partial charge in [-0.15, -0.1) is 0 Å². The number of hydrogen-bond donors (Lipinski definition) is 2. The summed E-state index contributed by atoms with van der Waals surface area (Å²) in [6.45, 7) is 6.90. The molecule has 1 aromatic carbocycles. The van der Waals surface area contributed by atoms with Gasteiger partial charge in [-0.05, 0) is 31.9 Å². The number of nitrogens with zero attached hydrogens (tertiary/aromatic N) is 2. The highest BCUT2D eigenvalue weighted by Crippen LogP contribution is 2.25. The molecule has 3 N–H and O–H groups in total. The van der Waals surface area contributed by atoms with Crippen LogP contribution in [0.4, 0.5) is 11.5 Å². The van der Waals surface area contributed by atoms with Crippen LogP contribution in [0.25, 0.3) is 0 Å². The molecule has 0 aliphatic heterocycles. The highest BCUT2D eigenvalue weighted by molar-refractivity contribution is 6.08. The minimum absolute atomic E-state index is 0.00505. The smallest absolute Gasteiger partial charge is 0.330 e. The lowest BCUT2D eigenvalue weighted by Crippen LogP contribution is -2.41. The third-order valence-corrected chi connectivity index (χ3v) is 4.62. The summed E-state index contributed by atoms with van der Waals surface area (Å²) in [7, 11) is 0. The molecule has 2 aromatic rings. The molecule has 0 unspecified atom stereocenters. The molecular formula is C21H30N4O4. The Morgan fingerprint density at radius 1 is 1.14 bits per heavy atom. The number of H-pyrrole nitrogens is 1. The number of ether oxygens (including phenoxy) is 1. The molecule has 0 aliphatic carbocycles. The van der Waals surface area contributed by atoms with Gasteiger partial charge in [-0.1, -0.05) is 38.8 Å². The maximum Gasteiger partial charge on any atom is 0.330 e. The van der Waals surface area contributed by atoms with Crippen LogP contribution in [0.15, 0.2) is 33.9 Å². The van der Waals surface area contributed by atoms with E-state index in [0.717, 1.165) is 19.3 Å². The van der Waals surface area contributed by atoms with E-state index in [0.29, 0.717) is 37.4 Å². The quantitative estimate of drug-likeness (QED) is 0.635. The standard InChI is InChI=1S/C21H30N4O4/c1-4-7-13-24(20(27)15-11-9-10-12-16(15)29-6-3)17-18(22)25(14-8-5-2)21(28)23-19(17)26/h9-12H,4-8,13-14,22H2,1-3H3,(H,23,26,28). The molecule has 0 fully saturated rings. The number of benzene rings is 1. The Hall–Kier alpha value is -3.03. The zero-order chi connectivity index (χ0) is 21.4. The molecule has 1 amide bonds. The molecule has 0 saturated carbocycles. The number of carbonyl (C=O) groups is 1. The van der Waals surface area contributed by atoms with Gasteiger partial charge in [-0.2, -0.15) is 0 Å². The van der Waals surface area contributed by atoms with Crippen LogP contribution >= 0.6 is 0 Å². The first-order chi connectivity index (χ1) is 14.0. The normalized spacial score (nSPS) is 10.7. The number of hydrogen-bond acceptors (Lipinski definition) is 5. The molecule has 158 valence electrons. The first-order valence-electron chi connectivity index (χ1n) is 10.1. The van der Waals surface area contributed by atoms with Crippen molar-refractivity contribution in [3.63, 3.8) is 0 Å². The number of para-hydroxylation sites is 1. The van der Waals surface area contributed by atoms with E-state index in [4.69, 9.17) is 10.5 Å². The lowest BCUT2D eigenvalue weighted by atomic mass is 10.1. The third-order valence-electron chi connectivity index (χ3n) is 4.62. The molecule has 8 heteroatoms. The van der Waals surface area contributed by atoms with Crippen LogP contribution in [-0.2, 0) is 6.54 Å². The average molecular weight is 402 g/mol. The van der Waals surface area contributed by atoms with Crippen molar-refractivity contribution in [3.05, 3.63) is 50.7 Å². The molecule has 0 bridgehead atoms. The van der Waals surface area contributed by atoms with E-state index in [9.17, 15) is 14.4 Å². The topological polar surface area (TPSA) is 110 Å². The summed E-state index contributed by atoms with van der Waals surface area (Å²) in [4.78, 5) is 42.0. The summed E-state index contributed by atoms with van der Waals surface area (Å²) in [5.74, 6) is 0.0572. The first kappa shape index (κ1) is 22.3. The van der Waals surface area contributed by atoms with Crippen molar-refractivity contribution in [3.8, 4) is 5.75 Å². The number of nitrogen functional groups attached to an aromatic ring is 1. The van der Waals surface area contributed by atoms with Crippen molar-refractivity contribution in [2.45, 2.75) is 53.0 Å². The number of aromatic nitrogens is 2. The van der Waals surface area contributed by atoms with Crippen LogP contribution in [-0.4, -0.2) is 28.6 Å². The molecule has 0 radical (unpaired) electrons. The molecule has 0 aliphatic rings. The van der Waals surface area contributed by atoms with Crippen molar-refractivity contribution >= 4 is 17.4 Å². The van der Waals surface area contributed by atoms with Crippen molar-refractivity contribution in [1.82, 2.24) is 9.55 Å². The number of amides is 1. The van der Waals surface area contributed by atoms with Gasteiger partial charge in [0, 0.05) is 13.1 Å². The van der Waals surface area contributed by atoms with Crippen molar-refractivity contribution in [2.24, 2.45) is 0 Å². The van der Waals surface area contributed by atoms with Crippen molar-refractivity contribution in [2.75, 3.05) is 23.8 Å². The lowest BCUT2D eigenvalue weighted by Gasteiger charge is -2.25. The van der Waals surface area contributed by atoms with Crippen LogP contribution in [0.5, 0.6) is 5.75 Å². The molecule has 29 heavy (non-hydrogen) atoms. The second kappa shape index (κ2) is 10.5. The zero-order valence-electron chi connectivity index (χ0n) is 17.4. The van der Waals surface area contributed by atoms with Crippen LogP contribution in [0.1, 0.15) is 56.8 Å². The summed E-state index contributed by atoms with van der Waals surface area (Å²) in [6.07, 6.45) is 3.09. The molecule has 0 saturated heterocycles. The van der Waals surface area contributed by atoms with E-state index in [-0.39, 0.29) is 17.4 Å². The predicted octanol–water partition coefficient (Wildman–Crippen LogP) is 2.76. The van der Waals surface area contributed by atoms with Crippen molar-refractivity contribution in [1.29, 1.82) is 0 Å². The largest absolute Gasteiger partial charge is 0.493 e. The minimum atomic E-state index is -0.668. The van der Waals surface area contributed by atoms with Gasteiger partial charge in [0.1, 0.15) is 11.6 Å². The van der Waals surface area contributed by atoms with E-state index in [1.807, 2.05) is 20.8 Å². The van der Waals surface area contributed by atoms with E-state index in [2.05, 4.69) is 4.98 Å². The number of anilines is 2. The van der Waals surface area contributed by atoms with Gasteiger partial charge in [0.05, 0.1) is 12.2 Å². The van der Waals surface area contributed by atoms with Gasteiger partial charge in [0.25, 0.3) is 11.5 Å². The minimum Gasteiger partial charge on any atom is -0.493 e. The SMILES string of the molecule is CCCCN(C(=O)c1ccccc1OCC)c1c(N)n(CCCC)c(=O)[nH]c1=O. The summed E-state index contributed by atoms with van der Waals surface area (Å²) in [6, 6.07) is 6.89. The van der Waals surface area contributed by atoms with Gasteiger partial charge in [0.15, 0.2) is 5.69 Å². The Morgan fingerprint density at radius 3 is 2.48 bits per heavy atom. The van der Waals surface area contributed by atoms with Gasteiger partial charge >= 0.3 is 5.69 Å². The third kappa shape index (κ3) is 5.07. The van der Waals surface area contributed by atoms with Gasteiger partial charge in [0.2, 0.25) is 0 Å². The summed E-state index contributed by atoms with van der Waals surface area (Å²) >= 11 is 0. The molecule has 0 atom stereocenters. The highest BCUT2D eigenvalue weighted by Gasteiger charge is 2.26. The molecule has 1 aromatic heterocycles. The number of nitrogens with one attached hydrogen (secondary N) is 1. The average Bonchev–Trinajstić information content (AvgIpc) is 2.70. The second-order valence-corrected chi connectivity index (χ2v) is 6.74. The maximum atomic E-state index is 13.4. The molecule has 8 nitrogen and oxygen atoms in total. The Labute approximate surface area is 170 Å². The van der Waals surface area contributed by atoms with Crippen LogP contribution < -0.4 is 26.6 Å². The fourth-order valence-corrected chi connectivity index (χ4v) is 3.08. The second-order valence-electron chi connectivity index (χ2n) is 6.74.